The van der Waals surface area contributed by atoms with E-state index in [2.05, 4.69) is 0 Å². The molecule has 0 heterocycles. The molecule has 15 heavy (non-hydrogen) atoms. The maximum atomic E-state index is 11.3. The van der Waals surface area contributed by atoms with Crippen LogP contribution in [0.3, 0.4) is 0 Å². The van der Waals surface area contributed by atoms with Crippen LogP contribution in [0.15, 0.2) is 0 Å². The van der Waals surface area contributed by atoms with E-state index in [0.29, 0.717) is 6.42 Å². The van der Waals surface area contributed by atoms with E-state index < -0.39 is 15.9 Å². The summed E-state index contributed by atoms with van der Waals surface area (Å²) in [6.45, 7) is 1.77. The van der Waals surface area contributed by atoms with E-state index in [0.717, 1.165) is 0 Å². The van der Waals surface area contributed by atoms with Crippen molar-refractivity contribution in [2.45, 2.75) is 25.8 Å². The summed E-state index contributed by atoms with van der Waals surface area (Å²) in [4.78, 5) is 11.3. The van der Waals surface area contributed by atoms with Crippen LogP contribution >= 0.6 is 0 Å². The van der Waals surface area contributed by atoms with Crippen molar-refractivity contribution in [2.24, 2.45) is 5.73 Å². The van der Waals surface area contributed by atoms with E-state index in [1.54, 1.807) is 6.92 Å². The van der Waals surface area contributed by atoms with E-state index in [-0.39, 0.29) is 30.3 Å². The molecule has 0 saturated heterocycles. The highest BCUT2D eigenvalue weighted by Crippen LogP contribution is 2.00. The number of methoxy groups -OCH3 is 1. The van der Waals surface area contributed by atoms with Crippen molar-refractivity contribution >= 4 is 15.6 Å². The molecule has 0 fully saturated rings. The molecular weight excluding hydrogens is 218 g/mol. The van der Waals surface area contributed by atoms with E-state index in [4.69, 9.17) is 10.5 Å². The zero-order valence-electron chi connectivity index (χ0n) is 9.23. The third kappa shape index (κ3) is 6.59. The Kier molecular flexibility index (Phi) is 6.71. The molecule has 0 radical (unpaired) electrons. The van der Waals surface area contributed by atoms with E-state index in [1.165, 1.54) is 7.11 Å². The molecule has 6 heteroatoms. The zero-order valence-corrected chi connectivity index (χ0v) is 10.0. The van der Waals surface area contributed by atoms with Crippen molar-refractivity contribution in [2.75, 3.05) is 25.2 Å². The van der Waals surface area contributed by atoms with Gasteiger partial charge in [0, 0.05) is 19.3 Å². The molecule has 0 saturated carbocycles. The topological polar surface area (TPSA) is 86.5 Å². The summed E-state index contributed by atoms with van der Waals surface area (Å²) in [5.74, 6) is 0.0171. The van der Waals surface area contributed by atoms with E-state index >= 15 is 0 Å². The van der Waals surface area contributed by atoms with E-state index in [1.807, 2.05) is 0 Å². The van der Waals surface area contributed by atoms with Gasteiger partial charge >= 0.3 is 0 Å². The number of sulfone groups is 1. The quantitative estimate of drug-likeness (QED) is 0.628. The van der Waals surface area contributed by atoms with Crippen LogP contribution in [0.2, 0.25) is 0 Å². The Bertz CT molecular complexity index is 286. The summed E-state index contributed by atoms with van der Waals surface area (Å²) in [6, 6.07) is -0.640. The fraction of sp³-hybridized carbons (Fsp3) is 0.889. The fourth-order valence-electron chi connectivity index (χ4n) is 1.07. The molecule has 1 unspecified atom stereocenters. The average Bonchev–Trinajstić information content (AvgIpc) is 2.18. The van der Waals surface area contributed by atoms with Gasteiger partial charge in [0.2, 0.25) is 0 Å². The smallest absolute Gasteiger partial charge is 0.151 e. The molecule has 0 aromatic carbocycles. The SMILES string of the molecule is CCS(=O)(=O)CCCC(=O)C(N)COC. The van der Waals surface area contributed by atoms with Crippen molar-refractivity contribution in [1.82, 2.24) is 0 Å². The number of carbonyl (C=O) groups is 1. The Morgan fingerprint density at radius 1 is 1.47 bits per heavy atom. The number of Topliss-reactive ketones (excluding diaryl/α,β-unsaturated/α-hetero) is 1. The van der Waals surface area contributed by atoms with Gasteiger partial charge in [0.1, 0.15) is 9.84 Å². The predicted octanol–water partition coefficient (Wildman–Crippen LogP) is -0.256. The lowest BCUT2D eigenvalue weighted by atomic mass is 10.1. The number of hydrogen-bond donors (Lipinski definition) is 1. The molecular formula is C9H19NO4S. The molecule has 0 rings (SSSR count). The molecule has 5 nitrogen and oxygen atoms in total. The first-order valence-corrected chi connectivity index (χ1v) is 6.72. The molecule has 0 aliphatic rings. The minimum Gasteiger partial charge on any atom is -0.383 e. The van der Waals surface area contributed by atoms with Crippen molar-refractivity contribution in [3.05, 3.63) is 0 Å². The molecule has 0 spiro atoms. The average molecular weight is 237 g/mol. The second-order valence-electron chi connectivity index (χ2n) is 3.37. The van der Waals surface area contributed by atoms with Gasteiger partial charge in [-0.15, -0.1) is 0 Å². The molecule has 0 aromatic heterocycles. The maximum absolute atomic E-state index is 11.3. The lowest BCUT2D eigenvalue weighted by molar-refractivity contribution is -0.121. The van der Waals surface area contributed by atoms with Gasteiger partial charge in [0.15, 0.2) is 5.78 Å². The summed E-state index contributed by atoms with van der Waals surface area (Å²) >= 11 is 0. The summed E-state index contributed by atoms with van der Waals surface area (Å²) in [5, 5.41) is 0. The molecule has 0 aliphatic carbocycles. The lowest BCUT2D eigenvalue weighted by Crippen LogP contribution is -2.34. The number of hydrogen-bond acceptors (Lipinski definition) is 5. The highest BCUT2D eigenvalue weighted by atomic mass is 32.2. The first-order chi connectivity index (χ1) is 6.93. The minimum atomic E-state index is -2.98. The van der Waals surface area contributed by atoms with Gasteiger partial charge in [-0.1, -0.05) is 6.92 Å². The van der Waals surface area contributed by atoms with Crippen LogP contribution in [0.4, 0.5) is 0 Å². The molecule has 1 atom stereocenters. The van der Waals surface area contributed by atoms with Gasteiger partial charge in [-0.2, -0.15) is 0 Å². The van der Waals surface area contributed by atoms with Crippen LogP contribution in [-0.2, 0) is 19.4 Å². The monoisotopic (exact) mass is 237 g/mol. The standard InChI is InChI=1S/C9H19NO4S/c1-3-15(12,13)6-4-5-9(11)8(10)7-14-2/h8H,3-7,10H2,1-2H3. The first-order valence-electron chi connectivity index (χ1n) is 4.90. The van der Waals surface area contributed by atoms with E-state index in [9.17, 15) is 13.2 Å². The van der Waals surface area contributed by atoms with Gasteiger partial charge in [-0.05, 0) is 6.42 Å². The molecule has 0 aromatic rings. The van der Waals surface area contributed by atoms with Gasteiger partial charge in [0.25, 0.3) is 0 Å². The highest BCUT2D eigenvalue weighted by Gasteiger charge is 2.14. The largest absolute Gasteiger partial charge is 0.383 e. The lowest BCUT2D eigenvalue weighted by Gasteiger charge is -2.08. The fourth-order valence-corrected chi connectivity index (χ4v) is 1.94. The predicted molar refractivity (Wildman–Crippen MR) is 58.4 cm³/mol. The number of nitrogens with two attached hydrogens (primary N) is 1. The number of ether oxygens (including phenoxy) is 1. The van der Waals surface area contributed by atoms with Crippen molar-refractivity contribution in [3.63, 3.8) is 0 Å². The molecule has 2 N–H and O–H groups in total. The van der Waals surface area contributed by atoms with Crippen LogP contribution in [0, 0.1) is 0 Å². The summed E-state index contributed by atoms with van der Waals surface area (Å²) in [6.07, 6.45) is 0.538. The van der Waals surface area contributed by atoms with Gasteiger partial charge in [-0.25, -0.2) is 8.42 Å². The Morgan fingerprint density at radius 3 is 2.53 bits per heavy atom. The Hall–Kier alpha value is -0.460. The molecule has 0 amide bonds. The number of carbonyl (C=O) groups excluding carboxylic acids is 1. The molecule has 90 valence electrons. The summed E-state index contributed by atoms with van der Waals surface area (Å²) in [5.41, 5.74) is 5.49. The van der Waals surface area contributed by atoms with Crippen molar-refractivity contribution < 1.29 is 17.9 Å². The first kappa shape index (κ1) is 14.5. The second kappa shape index (κ2) is 6.92. The Labute approximate surface area is 90.9 Å². The van der Waals surface area contributed by atoms with Gasteiger partial charge in [0.05, 0.1) is 18.4 Å². The van der Waals surface area contributed by atoms with Crippen LogP contribution in [0.25, 0.3) is 0 Å². The van der Waals surface area contributed by atoms with Crippen LogP contribution in [0.5, 0.6) is 0 Å². The Balaban J connectivity index is 3.82. The minimum absolute atomic E-state index is 0.0505. The molecule has 0 bridgehead atoms. The van der Waals surface area contributed by atoms with Gasteiger partial charge in [-0.3, -0.25) is 4.79 Å². The Morgan fingerprint density at radius 2 is 2.07 bits per heavy atom. The highest BCUT2D eigenvalue weighted by molar-refractivity contribution is 7.91. The third-order valence-electron chi connectivity index (χ3n) is 2.08. The number of rotatable bonds is 8. The zero-order chi connectivity index (χ0) is 11.9. The van der Waals surface area contributed by atoms with Gasteiger partial charge < -0.3 is 10.5 Å². The van der Waals surface area contributed by atoms with Crippen molar-refractivity contribution in [1.29, 1.82) is 0 Å². The third-order valence-corrected chi connectivity index (χ3v) is 3.87. The summed E-state index contributed by atoms with van der Waals surface area (Å²) < 4.78 is 26.9. The van der Waals surface area contributed by atoms with Crippen LogP contribution in [-0.4, -0.2) is 45.5 Å². The summed E-state index contributed by atoms with van der Waals surface area (Å²) in [7, 11) is -1.51. The molecule has 0 aliphatic heterocycles. The maximum Gasteiger partial charge on any atom is 0.151 e. The van der Waals surface area contributed by atoms with Crippen LogP contribution < -0.4 is 5.73 Å². The second-order valence-corrected chi connectivity index (χ2v) is 5.84. The number of ketones is 1. The van der Waals surface area contributed by atoms with Crippen LogP contribution in [0.1, 0.15) is 19.8 Å². The van der Waals surface area contributed by atoms with Crippen molar-refractivity contribution in [3.8, 4) is 0 Å². The normalized spacial score (nSPS) is 13.8.